The summed E-state index contributed by atoms with van der Waals surface area (Å²) in [5.41, 5.74) is 0.242. The number of carbonyl (C=O) groups is 3. The van der Waals surface area contributed by atoms with Crippen LogP contribution in [0.25, 0.3) is 6.08 Å². The van der Waals surface area contributed by atoms with Crippen LogP contribution in [0.3, 0.4) is 0 Å². The lowest BCUT2D eigenvalue weighted by atomic mass is 10.0. The van der Waals surface area contributed by atoms with Crippen LogP contribution in [-0.4, -0.2) is 78.1 Å². The molecule has 0 bridgehead atoms. The summed E-state index contributed by atoms with van der Waals surface area (Å²) >= 11 is 0. The van der Waals surface area contributed by atoms with Crippen LogP contribution in [-0.2, 0) is 19.1 Å². The lowest BCUT2D eigenvalue weighted by Crippen LogP contribution is -2.51. The molecular weight excluding hydrogens is 356 g/mol. The van der Waals surface area contributed by atoms with Gasteiger partial charge in [0.05, 0.1) is 0 Å². The van der Waals surface area contributed by atoms with E-state index >= 15 is 0 Å². The van der Waals surface area contributed by atoms with Crippen molar-refractivity contribution in [2.75, 3.05) is 0 Å². The molecular formula is C15H16O11. The average Bonchev–Trinajstić information content (AvgIpc) is 2.58. The van der Waals surface area contributed by atoms with Gasteiger partial charge in [0, 0.05) is 6.08 Å². The van der Waals surface area contributed by atoms with E-state index in [0.717, 1.165) is 24.3 Å². The minimum absolute atomic E-state index is 0.242. The number of phenolic OH excluding ortho intramolecular Hbond substituents is 2. The topological polar surface area (TPSA) is 202 Å². The molecule has 0 aliphatic heterocycles. The summed E-state index contributed by atoms with van der Waals surface area (Å²) in [6.07, 6.45) is -7.89. The van der Waals surface area contributed by atoms with Crippen molar-refractivity contribution >= 4 is 24.0 Å². The quantitative estimate of drug-likeness (QED) is 0.155. The first-order chi connectivity index (χ1) is 12.0. The normalized spacial score (nSPS) is 15.8. The predicted octanol–water partition coefficient (Wildman–Crippen LogP) is -1.73. The zero-order valence-electron chi connectivity index (χ0n) is 13.0. The summed E-state index contributed by atoms with van der Waals surface area (Å²) in [5, 5.41) is 64.2. The van der Waals surface area contributed by atoms with Crippen LogP contribution in [0.15, 0.2) is 24.3 Å². The number of rotatable bonds is 8. The van der Waals surface area contributed by atoms with Gasteiger partial charge in [-0.05, 0) is 23.8 Å². The number of aliphatic carboxylic acids is 2. The van der Waals surface area contributed by atoms with Gasteiger partial charge >= 0.3 is 17.9 Å². The van der Waals surface area contributed by atoms with E-state index in [-0.39, 0.29) is 5.56 Å². The highest BCUT2D eigenvalue weighted by molar-refractivity contribution is 5.89. The molecule has 7 N–H and O–H groups in total. The Morgan fingerprint density at radius 2 is 1.54 bits per heavy atom. The van der Waals surface area contributed by atoms with E-state index in [2.05, 4.69) is 4.74 Å². The highest BCUT2D eigenvalue weighted by atomic mass is 16.6. The van der Waals surface area contributed by atoms with Gasteiger partial charge in [-0.15, -0.1) is 0 Å². The van der Waals surface area contributed by atoms with Crippen LogP contribution >= 0.6 is 0 Å². The second-order valence-corrected chi connectivity index (χ2v) is 5.04. The third kappa shape index (κ3) is 5.44. The second kappa shape index (κ2) is 8.80. The number of carboxylic acids is 2. The summed E-state index contributed by atoms with van der Waals surface area (Å²) in [7, 11) is 0. The minimum atomic E-state index is -2.50. The number of esters is 1. The van der Waals surface area contributed by atoms with E-state index in [4.69, 9.17) is 20.4 Å². The van der Waals surface area contributed by atoms with Crippen molar-refractivity contribution in [1.82, 2.24) is 0 Å². The van der Waals surface area contributed by atoms with Gasteiger partial charge in [-0.2, -0.15) is 0 Å². The molecule has 26 heavy (non-hydrogen) atoms. The number of aliphatic hydroxyl groups is 3. The lowest BCUT2D eigenvalue weighted by Gasteiger charge is -2.24. The molecule has 0 radical (unpaired) electrons. The van der Waals surface area contributed by atoms with Gasteiger partial charge in [-0.1, -0.05) is 6.07 Å². The summed E-state index contributed by atoms with van der Waals surface area (Å²) in [4.78, 5) is 33.3. The fourth-order valence-corrected chi connectivity index (χ4v) is 1.75. The van der Waals surface area contributed by atoms with Gasteiger partial charge < -0.3 is 40.5 Å². The number of ether oxygens (including phenoxy) is 1. The molecule has 0 aliphatic rings. The number of carboxylic acid groups (broad SMARTS) is 2. The van der Waals surface area contributed by atoms with Gasteiger partial charge in [0.2, 0.25) is 6.10 Å². The van der Waals surface area contributed by atoms with E-state index in [1.54, 1.807) is 0 Å². The molecule has 0 saturated carbocycles. The smallest absolute Gasteiger partial charge is 0.347 e. The molecule has 0 aliphatic carbocycles. The molecule has 0 saturated heterocycles. The van der Waals surface area contributed by atoms with Crippen molar-refractivity contribution in [3.05, 3.63) is 29.8 Å². The van der Waals surface area contributed by atoms with Crippen molar-refractivity contribution in [3.63, 3.8) is 0 Å². The van der Waals surface area contributed by atoms with Crippen molar-refractivity contribution in [1.29, 1.82) is 0 Å². The highest BCUT2D eigenvalue weighted by Gasteiger charge is 2.40. The summed E-state index contributed by atoms with van der Waals surface area (Å²) < 4.78 is 4.45. The molecule has 0 fully saturated rings. The second-order valence-electron chi connectivity index (χ2n) is 5.04. The van der Waals surface area contributed by atoms with E-state index < -0.39 is 53.8 Å². The van der Waals surface area contributed by atoms with Gasteiger partial charge in [-0.25, -0.2) is 14.4 Å². The maximum atomic E-state index is 11.7. The molecule has 1 aromatic carbocycles. The maximum absolute atomic E-state index is 11.7. The molecule has 11 nitrogen and oxygen atoms in total. The Kier molecular flexibility index (Phi) is 7.07. The van der Waals surface area contributed by atoms with Gasteiger partial charge in [-0.3, -0.25) is 0 Å². The standard InChI is InChI=1S/C15H16O11/c16-7-3-1-6(5-8(7)17)2-4-9(18)26-13(15(24)25)11(20)10(19)12(21)14(22)23/h1-5,10-13,16-17,19-21H,(H,22,23)(H,24,25)/b4-2-/t10-,11-,12+,13-/m0/s1. The number of benzene rings is 1. The summed E-state index contributed by atoms with van der Waals surface area (Å²) in [6, 6.07) is 3.54. The third-order valence-electron chi connectivity index (χ3n) is 3.13. The fraction of sp³-hybridized carbons (Fsp3) is 0.267. The van der Waals surface area contributed by atoms with Crippen LogP contribution in [0.2, 0.25) is 0 Å². The number of phenols is 2. The Morgan fingerprint density at radius 3 is 2.04 bits per heavy atom. The Labute approximate surface area is 145 Å². The van der Waals surface area contributed by atoms with Crippen molar-refractivity contribution in [2.24, 2.45) is 0 Å². The van der Waals surface area contributed by atoms with E-state index in [1.165, 1.54) is 6.07 Å². The molecule has 1 aromatic rings. The van der Waals surface area contributed by atoms with Crippen LogP contribution in [0.5, 0.6) is 11.5 Å². The third-order valence-corrected chi connectivity index (χ3v) is 3.13. The largest absolute Gasteiger partial charge is 0.504 e. The number of hydrogen-bond donors (Lipinski definition) is 7. The van der Waals surface area contributed by atoms with Crippen molar-refractivity contribution in [2.45, 2.75) is 24.4 Å². The molecule has 4 atom stereocenters. The number of hydrogen-bond acceptors (Lipinski definition) is 9. The van der Waals surface area contributed by atoms with Crippen molar-refractivity contribution in [3.8, 4) is 11.5 Å². The first kappa shape index (κ1) is 20.9. The first-order valence-electron chi connectivity index (χ1n) is 6.95. The number of aliphatic hydroxyl groups excluding tert-OH is 3. The van der Waals surface area contributed by atoms with Crippen LogP contribution < -0.4 is 0 Å². The lowest BCUT2D eigenvalue weighted by molar-refractivity contribution is -0.182. The predicted molar refractivity (Wildman–Crippen MR) is 82.0 cm³/mol. The maximum Gasteiger partial charge on any atom is 0.347 e. The molecule has 11 heteroatoms. The number of aromatic hydroxyl groups is 2. The summed E-state index contributed by atoms with van der Waals surface area (Å²) in [5.74, 6) is -5.95. The molecule has 0 unspecified atom stereocenters. The van der Waals surface area contributed by atoms with Crippen molar-refractivity contribution < 1.29 is 54.9 Å². The molecule has 0 amide bonds. The van der Waals surface area contributed by atoms with E-state index in [0.29, 0.717) is 0 Å². The SMILES string of the molecule is O=C(/C=C\c1ccc(O)c(O)c1)O[C@H](C(=O)O)[C@@H](O)[C@H](O)[C@@H](O)C(=O)O. The van der Waals surface area contributed by atoms with Crippen LogP contribution in [0, 0.1) is 0 Å². The average molecular weight is 372 g/mol. The monoisotopic (exact) mass is 372 g/mol. The molecule has 1 rings (SSSR count). The highest BCUT2D eigenvalue weighted by Crippen LogP contribution is 2.25. The molecule has 142 valence electrons. The Bertz CT molecular complexity index is 712. The van der Waals surface area contributed by atoms with E-state index in [9.17, 15) is 29.7 Å². The molecule has 0 aromatic heterocycles. The van der Waals surface area contributed by atoms with Gasteiger partial charge in [0.15, 0.2) is 17.6 Å². The van der Waals surface area contributed by atoms with Gasteiger partial charge in [0.1, 0.15) is 12.2 Å². The first-order valence-corrected chi connectivity index (χ1v) is 6.95. The molecule has 0 heterocycles. The Balaban J connectivity index is 2.84. The minimum Gasteiger partial charge on any atom is -0.504 e. The Hall–Kier alpha value is -3.15. The van der Waals surface area contributed by atoms with E-state index in [1.807, 2.05) is 0 Å². The zero-order valence-corrected chi connectivity index (χ0v) is 13.0. The number of carbonyl (C=O) groups excluding carboxylic acids is 1. The van der Waals surface area contributed by atoms with Gasteiger partial charge in [0.25, 0.3) is 0 Å². The summed E-state index contributed by atoms with van der Waals surface area (Å²) in [6.45, 7) is 0. The fourth-order valence-electron chi connectivity index (χ4n) is 1.75. The van der Waals surface area contributed by atoms with Crippen LogP contribution in [0.1, 0.15) is 5.56 Å². The molecule has 0 spiro atoms. The van der Waals surface area contributed by atoms with Crippen LogP contribution in [0.4, 0.5) is 0 Å². The zero-order chi connectivity index (χ0) is 20.0. The Morgan fingerprint density at radius 1 is 0.923 bits per heavy atom.